The molecule has 5 rings (SSSR count). The van der Waals surface area contributed by atoms with Crippen molar-refractivity contribution in [1.82, 2.24) is 15.5 Å². The Kier molecular flexibility index (Phi) is 13.2. The first-order valence-corrected chi connectivity index (χ1v) is 17.0. The molecule has 4 aliphatic carbocycles. The zero-order valence-electron chi connectivity index (χ0n) is 25.7. The molecule has 0 unspecified atom stereocenters. The molecule has 0 heterocycles. The third kappa shape index (κ3) is 8.66. The van der Waals surface area contributed by atoms with Crippen LogP contribution in [0.1, 0.15) is 64.4 Å². The van der Waals surface area contributed by atoms with E-state index in [1.165, 1.54) is 6.42 Å². The number of rotatable bonds is 15. The van der Waals surface area contributed by atoms with Gasteiger partial charge in [0.1, 0.15) is 12.1 Å². The standard InChI is InChI=1S/C32H49N5O4S.ClH/c1-4-19(2)28(33)32(41)36-25(10-11-42-3)31(40)35-18-27(38)37(26(30(34)39)17-20-8-6-5-7-9-20)29-23-13-21-12-22(15-23)16-24(29)14-21;/h5-9,19,21-26,28-29H,4,10-18,33H2,1-3H3,(H2,34,39)(H,35,40)(H,36,41);1H/t19-,21?,22?,23?,24?,25+,26-,28-,29?;/m0./s1. The number of nitrogens with one attached hydrogen (secondary N) is 2. The first-order chi connectivity index (χ1) is 20.1. The zero-order valence-corrected chi connectivity index (χ0v) is 27.3. The molecular formula is C32H50ClN5O4S. The van der Waals surface area contributed by atoms with Crippen molar-refractivity contribution in [2.24, 2.45) is 41.1 Å². The summed E-state index contributed by atoms with van der Waals surface area (Å²) in [6, 6.07) is 7.24. The number of hydrogen-bond donors (Lipinski definition) is 4. The Morgan fingerprint density at radius 2 is 1.60 bits per heavy atom. The lowest BCUT2D eigenvalue weighted by Crippen LogP contribution is -2.64. The van der Waals surface area contributed by atoms with Gasteiger partial charge in [-0.05, 0) is 85.7 Å². The van der Waals surface area contributed by atoms with Crippen LogP contribution in [0.2, 0.25) is 0 Å². The highest BCUT2D eigenvalue weighted by Gasteiger charge is 2.52. The lowest BCUT2D eigenvalue weighted by molar-refractivity contribution is -0.153. The van der Waals surface area contributed by atoms with Crippen molar-refractivity contribution in [3.05, 3.63) is 35.9 Å². The molecule has 11 heteroatoms. The quantitative estimate of drug-likeness (QED) is 0.233. The van der Waals surface area contributed by atoms with Gasteiger partial charge in [0, 0.05) is 12.5 Å². The molecule has 4 atom stereocenters. The van der Waals surface area contributed by atoms with Crippen LogP contribution in [0.3, 0.4) is 0 Å². The van der Waals surface area contributed by atoms with E-state index in [0.29, 0.717) is 42.3 Å². The monoisotopic (exact) mass is 635 g/mol. The van der Waals surface area contributed by atoms with Crippen molar-refractivity contribution < 1.29 is 19.2 Å². The lowest BCUT2D eigenvalue weighted by Gasteiger charge is -2.58. The molecule has 0 saturated heterocycles. The number of halogens is 1. The number of nitrogens with two attached hydrogens (primary N) is 2. The van der Waals surface area contributed by atoms with Crippen LogP contribution in [0.4, 0.5) is 0 Å². The summed E-state index contributed by atoms with van der Waals surface area (Å²) >= 11 is 1.57. The Bertz CT molecular complexity index is 1080. The Morgan fingerprint density at radius 3 is 2.14 bits per heavy atom. The van der Waals surface area contributed by atoms with Crippen molar-refractivity contribution >= 4 is 47.8 Å². The van der Waals surface area contributed by atoms with Crippen molar-refractivity contribution in [3.8, 4) is 0 Å². The summed E-state index contributed by atoms with van der Waals surface area (Å²) in [5.74, 6) is 1.08. The summed E-state index contributed by atoms with van der Waals surface area (Å²) in [5.41, 5.74) is 13.1. The number of thioether (sulfide) groups is 1. The number of nitrogens with zero attached hydrogens (tertiary/aromatic N) is 1. The van der Waals surface area contributed by atoms with Crippen LogP contribution in [0.15, 0.2) is 30.3 Å². The topological polar surface area (TPSA) is 148 Å². The summed E-state index contributed by atoms with van der Waals surface area (Å²) in [7, 11) is 0. The maximum absolute atomic E-state index is 14.1. The van der Waals surface area contributed by atoms with Crippen molar-refractivity contribution in [2.75, 3.05) is 18.6 Å². The zero-order chi connectivity index (χ0) is 30.4. The average molecular weight is 636 g/mol. The molecule has 4 saturated carbocycles. The van der Waals surface area contributed by atoms with E-state index in [4.69, 9.17) is 11.5 Å². The Labute approximate surface area is 266 Å². The maximum atomic E-state index is 14.1. The third-order valence-corrected chi connectivity index (χ3v) is 10.6. The number of carbonyl (C=O) groups is 4. The number of hydrogen-bond acceptors (Lipinski definition) is 6. The molecule has 1 aromatic carbocycles. The molecule has 9 nitrogen and oxygen atoms in total. The Hall–Kier alpha value is -2.30. The molecule has 43 heavy (non-hydrogen) atoms. The van der Waals surface area contributed by atoms with E-state index in [0.717, 1.165) is 37.7 Å². The molecule has 0 aliphatic heterocycles. The predicted molar refractivity (Wildman–Crippen MR) is 173 cm³/mol. The molecule has 4 bridgehead atoms. The number of primary amides is 1. The second-order valence-corrected chi connectivity index (χ2v) is 13.8. The Balaban J connectivity index is 0.00000506. The number of benzene rings is 1. The minimum Gasteiger partial charge on any atom is -0.368 e. The Morgan fingerprint density at radius 1 is 1.00 bits per heavy atom. The number of amides is 4. The SMILES string of the molecule is CC[C@H](C)[C@H](N)C(=O)N[C@H](CCSC)C(=O)NCC(=O)N(C1C2CC3CC(C2)CC1C3)[C@@H](Cc1ccccc1)C(N)=O.Cl. The highest BCUT2D eigenvalue weighted by Crippen LogP contribution is 2.55. The molecule has 240 valence electrons. The molecule has 6 N–H and O–H groups in total. The van der Waals surface area contributed by atoms with Crippen LogP contribution < -0.4 is 22.1 Å². The van der Waals surface area contributed by atoms with Crippen molar-refractivity contribution in [2.45, 2.75) is 89.4 Å². The van der Waals surface area contributed by atoms with Gasteiger partial charge in [0.15, 0.2) is 0 Å². The smallest absolute Gasteiger partial charge is 0.243 e. The van der Waals surface area contributed by atoms with Crippen molar-refractivity contribution in [1.29, 1.82) is 0 Å². The summed E-state index contributed by atoms with van der Waals surface area (Å²) in [4.78, 5) is 55.0. The van der Waals surface area contributed by atoms with E-state index < -0.39 is 29.9 Å². The van der Waals surface area contributed by atoms with Gasteiger partial charge in [-0.1, -0.05) is 50.6 Å². The molecule has 0 aromatic heterocycles. The van der Waals surface area contributed by atoms with E-state index in [2.05, 4.69) is 10.6 Å². The molecule has 0 spiro atoms. The first kappa shape index (κ1) is 35.2. The molecule has 4 aliphatic rings. The van der Waals surface area contributed by atoms with Crippen LogP contribution in [0.5, 0.6) is 0 Å². The van der Waals surface area contributed by atoms with Crippen LogP contribution >= 0.6 is 24.2 Å². The average Bonchev–Trinajstić information content (AvgIpc) is 2.97. The largest absolute Gasteiger partial charge is 0.368 e. The fourth-order valence-electron chi connectivity index (χ4n) is 7.73. The second-order valence-electron chi connectivity index (χ2n) is 12.8. The van der Waals surface area contributed by atoms with Gasteiger partial charge in [-0.15, -0.1) is 12.4 Å². The van der Waals surface area contributed by atoms with Gasteiger partial charge >= 0.3 is 0 Å². The van der Waals surface area contributed by atoms with Crippen LogP contribution in [-0.4, -0.2) is 71.2 Å². The van der Waals surface area contributed by atoms with Crippen LogP contribution in [-0.2, 0) is 25.6 Å². The van der Waals surface area contributed by atoms with Gasteiger partial charge in [-0.3, -0.25) is 19.2 Å². The maximum Gasteiger partial charge on any atom is 0.243 e. The fraction of sp³-hybridized carbons (Fsp3) is 0.688. The summed E-state index contributed by atoms with van der Waals surface area (Å²) in [5, 5.41) is 5.60. The van der Waals surface area contributed by atoms with Gasteiger partial charge in [-0.25, -0.2) is 0 Å². The molecular weight excluding hydrogens is 586 g/mol. The summed E-state index contributed by atoms with van der Waals surface area (Å²) < 4.78 is 0. The molecule has 1 aromatic rings. The van der Waals surface area contributed by atoms with E-state index in [9.17, 15) is 19.2 Å². The van der Waals surface area contributed by atoms with Gasteiger partial charge in [0.25, 0.3) is 0 Å². The summed E-state index contributed by atoms with van der Waals surface area (Å²) in [6.45, 7) is 3.61. The van der Waals surface area contributed by atoms with E-state index in [1.54, 1.807) is 16.7 Å². The fourth-order valence-corrected chi connectivity index (χ4v) is 8.21. The van der Waals surface area contributed by atoms with Crippen LogP contribution in [0, 0.1) is 29.6 Å². The van der Waals surface area contributed by atoms with Gasteiger partial charge in [0.05, 0.1) is 12.6 Å². The lowest BCUT2D eigenvalue weighted by atomic mass is 9.53. The normalized spacial score (nSPS) is 26.4. The predicted octanol–water partition coefficient (Wildman–Crippen LogP) is 2.89. The second kappa shape index (κ2) is 16.1. The van der Waals surface area contributed by atoms with E-state index in [-0.39, 0.29) is 42.7 Å². The molecule has 0 radical (unpaired) electrons. The molecule has 4 fully saturated rings. The minimum atomic E-state index is -0.807. The summed E-state index contributed by atoms with van der Waals surface area (Å²) in [6.07, 6.45) is 8.99. The first-order valence-electron chi connectivity index (χ1n) is 15.6. The van der Waals surface area contributed by atoms with E-state index >= 15 is 0 Å². The molecule has 4 amide bonds. The van der Waals surface area contributed by atoms with Gasteiger partial charge < -0.3 is 27.0 Å². The van der Waals surface area contributed by atoms with Crippen molar-refractivity contribution in [3.63, 3.8) is 0 Å². The highest BCUT2D eigenvalue weighted by atomic mass is 35.5. The van der Waals surface area contributed by atoms with Gasteiger partial charge in [0.2, 0.25) is 23.6 Å². The van der Waals surface area contributed by atoms with Gasteiger partial charge in [-0.2, -0.15) is 11.8 Å². The third-order valence-electron chi connectivity index (χ3n) is 9.94. The highest BCUT2D eigenvalue weighted by molar-refractivity contribution is 7.98. The number of carbonyl (C=O) groups excluding carboxylic acids is 4. The van der Waals surface area contributed by atoms with Crippen LogP contribution in [0.25, 0.3) is 0 Å². The van der Waals surface area contributed by atoms with E-state index in [1.807, 2.05) is 50.4 Å². The minimum absolute atomic E-state index is 0.